The van der Waals surface area contributed by atoms with Crippen molar-refractivity contribution in [1.82, 2.24) is 20.9 Å². The number of carbonyl (C=O) groups is 3. The van der Waals surface area contributed by atoms with Crippen molar-refractivity contribution in [2.45, 2.75) is 99.7 Å². The molecule has 0 spiro atoms. The van der Waals surface area contributed by atoms with Crippen molar-refractivity contribution in [1.29, 1.82) is 0 Å². The Kier molecular flexibility index (Phi) is 38.5. The van der Waals surface area contributed by atoms with Crippen molar-refractivity contribution in [3.05, 3.63) is 25.6 Å². The van der Waals surface area contributed by atoms with Gasteiger partial charge in [0.2, 0.25) is 0 Å². The standard InChI is InChI=1S/C14H28N2O4Si.2C10H24N2O4Si/c1-6-16(7-2)14(17)15-12-11-13-21(18-8-3,19-9-4)20-10-5;2*1-4-14-17(15-5-2,16-6-3)9-7-8-12-10(11)13/h6-7H,1-2,8-13H2,3-5H3,(H,15,17);2*4-9H2,1-3H3,(H3,11,12,13). The van der Waals surface area contributed by atoms with Crippen molar-refractivity contribution < 1.29 is 54.2 Å². The number of nitrogens with two attached hydrogens (primary N) is 2. The van der Waals surface area contributed by atoms with Crippen LogP contribution < -0.4 is 27.4 Å². The fraction of sp³-hybridized carbons (Fsp3) is 0.794. The average Bonchev–Trinajstić information content (AvgIpc) is 3.12. The zero-order chi connectivity index (χ0) is 42.4. The van der Waals surface area contributed by atoms with E-state index in [9.17, 15) is 14.4 Å². The minimum Gasteiger partial charge on any atom is -0.374 e. The highest BCUT2D eigenvalue weighted by Gasteiger charge is 2.41. The van der Waals surface area contributed by atoms with Crippen LogP contribution in [0, 0.1) is 0 Å². The van der Waals surface area contributed by atoms with Crippen molar-refractivity contribution in [2.24, 2.45) is 11.5 Å². The molecule has 0 radical (unpaired) electrons. The third-order valence-electron chi connectivity index (χ3n) is 6.76. The van der Waals surface area contributed by atoms with Gasteiger partial charge in [-0.3, -0.25) is 4.90 Å². The number of nitrogens with one attached hydrogen (secondary N) is 3. The first kappa shape index (κ1) is 56.9. The van der Waals surface area contributed by atoms with Crippen LogP contribution in [0.15, 0.2) is 25.6 Å². The molecule has 21 heteroatoms. The van der Waals surface area contributed by atoms with Gasteiger partial charge in [0, 0.05) is 110 Å². The number of rotatable bonds is 32. The maximum Gasteiger partial charge on any atom is 0.500 e. The van der Waals surface area contributed by atoms with Crippen molar-refractivity contribution in [2.75, 3.05) is 79.1 Å². The molecule has 7 N–H and O–H groups in total. The molecule has 18 nitrogen and oxygen atoms in total. The van der Waals surface area contributed by atoms with Gasteiger partial charge < -0.3 is 67.3 Å². The Morgan fingerprint density at radius 2 is 0.691 bits per heavy atom. The SMILES string of the molecule is C=CN(C=C)C(=O)NCCC[Si](OCC)(OCC)OCC.CCO[Si](CCCNC(N)=O)(OCC)OCC.CCO[Si](CCCNC(N)=O)(OCC)OCC. The van der Waals surface area contributed by atoms with Crippen LogP contribution in [0.5, 0.6) is 0 Å². The quantitative estimate of drug-likeness (QED) is 0.0450. The first-order valence-electron chi connectivity index (χ1n) is 19.4. The minimum atomic E-state index is -2.62. The third-order valence-corrected chi connectivity index (χ3v) is 16.2. The Hall–Kier alpha value is -2.42. The molecule has 326 valence electrons. The molecular weight excluding hydrogens is 769 g/mol. The average molecular weight is 845 g/mol. The molecule has 6 amide bonds. The largest absolute Gasteiger partial charge is 0.500 e. The molecule has 0 saturated heterocycles. The lowest BCUT2D eigenvalue weighted by Gasteiger charge is -2.28. The molecule has 0 aliphatic rings. The molecule has 0 rings (SSSR count). The lowest BCUT2D eigenvalue weighted by Crippen LogP contribution is -2.46. The van der Waals surface area contributed by atoms with Gasteiger partial charge in [0.1, 0.15) is 0 Å². The van der Waals surface area contributed by atoms with Gasteiger partial charge in [-0.1, -0.05) is 13.2 Å². The second-order valence-corrected chi connectivity index (χ2v) is 19.0. The highest BCUT2D eigenvalue weighted by atomic mass is 28.4. The van der Waals surface area contributed by atoms with E-state index in [1.54, 1.807) is 0 Å². The maximum atomic E-state index is 11.7. The van der Waals surface area contributed by atoms with Gasteiger partial charge in [-0.15, -0.1) is 0 Å². The first-order chi connectivity index (χ1) is 26.3. The monoisotopic (exact) mass is 844 g/mol. The van der Waals surface area contributed by atoms with Crippen LogP contribution >= 0.6 is 0 Å². The summed E-state index contributed by atoms with van der Waals surface area (Å²) in [6.07, 6.45) is 4.99. The lowest BCUT2D eigenvalue weighted by molar-refractivity contribution is 0.0700. The predicted molar refractivity (Wildman–Crippen MR) is 221 cm³/mol. The van der Waals surface area contributed by atoms with Gasteiger partial charge in [-0.05, 0) is 81.6 Å². The Bertz CT molecular complexity index is 891. The Labute approximate surface area is 334 Å². The van der Waals surface area contributed by atoms with E-state index >= 15 is 0 Å². The van der Waals surface area contributed by atoms with E-state index in [4.69, 9.17) is 51.3 Å². The number of hydrogen-bond acceptors (Lipinski definition) is 12. The summed E-state index contributed by atoms with van der Waals surface area (Å²) < 4.78 is 51.2. The summed E-state index contributed by atoms with van der Waals surface area (Å²) in [5.74, 6) is 0. The van der Waals surface area contributed by atoms with E-state index in [0.717, 1.165) is 19.3 Å². The first-order valence-corrected chi connectivity index (χ1v) is 25.2. The molecule has 0 aromatic carbocycles. The molecule has 0 fully saturated rings. The van der Waals surface area contributed by atoms with E-state index in [1.807, 2.05) is 62.3 Å². The van der Waals surface area contributed by atoms with Crippen LogP contribution in [0.1, 0.15) is 81.6 Å². The van der Waals surface area contributed by atoms with Gasteiger partial charge >= 0.3 is 44.5 Å². The van der Waals surface area contributed by atoms with E-state index in [1.165, 1.54) is 17.3 Å². The number of urea groups is 3. The highest BCUT2D eigenvalue weighted by molar-refractivity contribution is 6.61. The topological polar surface area (TPSA) is 226 Å². The summed E-state index contributed by atoms with van der Waals surface area (Å²) in [5, 5.41) is 7.86. The second kappa shape index (κ2) is 37.2. The van der Waals surface area contributed by atoms with E-state index in [-0.39, 0.29) is 6.03 Å². The normalized spacial score (nSPS) is 11.3. The molecule has 0 bridgehead atoms. The second-order valence-electron chi connectivity index (χ2n) is 10.8. The summed E-state index contributed by atoms with van der Waals surface area (Å²) >= 11 is 0. The van der Waals surface area contributed by atoms with E-state index < -0.39 is 38.5 Å². The molecule has 0 heterocycles. The molecular formula is C34H76N6O12Si3. The van der Waals surface area contributed by atoms with Crippen LogP contribution in [-0.4, -0.2) is 129 Å². The number of primary amides is 2. The molecule has 0 atom stereocenters. The third kappa shape index (κ3) is 29.5. The van der Waals surface area contributed by atoms with Crippen LogP contribution in [-0.2, 0) is 39.8 Å². The Morgan fingerprint density at radius 1 is 0.473 bits per heavy atom. The van der Waals surface area contributed by atoms with Gasteiger partial charge in [0.15, 0.2) is 0 Å². The van der Waals surface area contributed by atoms with Gasteiger partial charge in [-0.2, -0.15) is 0 Å². The molecule has 55 heavy (non-hydrogen) atoms. The summed E-state index contributed by atoms with van der Waals surface area (Å²) in [7, 11) is -7.74. The van der Waals surface area contributed by atoms with Crippen LogP contribution in [0.3, 0.4) is 0 Å². The van der Waals surface area contributed by atoms with Crippen LogP contribution in [0.25, 0.3) is 0 Å². The minimum absolute atomic E-state index is 0.253. The van der Waals surface area contributed by atoms with Crippen molar-refractivity contribution in [3.63, 3.8) is 0 Å². The number of nitrogens with zero attached hydrogens (tertiary/aromatic N) is 1. The zero-order valence-corrected chi connectivity index (χ0v) is 38.3. The number of amides is 6. The fourth-order valence-corrected chi connectivity index (χ4v) is 12.7. The highest BCUT2D eigenvalue weighted by Crippen LogP contribution is 2.19. The van der Waals surface area contributed by atoms with Crippen LogP contribution in [0.4, 0.5) is 14.4 Å². The van der Waals surface area contributed by atoms with Gasteiger partial charge in [0.25, 0.3) is 0 Å². The number of carbonyl (C=O) groups excluding carboxylic acids is 3. The van der Waals surface area contributed by atoms with E-state index in [0.29, 0.717) is 97.2 Å². The van der Waals surface area contributed by atoms with Crippen molar-refractivity contribution >= 4 is 44.5 Å². The molecule has 0 aromatic heterocycles. The van der Waals surface area contributed by atoms with Crippen LogP contribution in [0.2, 0.25) is 18.1 Å². The van der Waals surface area contributed by atoms with Crippen molar-refractivity contribution in [3.8, 4) is 0 Å². The smallest absolute Gasteiger partial charge is 0.374 e. The summed E-state index contributed by atoms with van der Waals surface area (Å²) in [6.45, 7) is 30.9. The summed E-state index contributed by atoms with van der Waals surface area (Å²) in [6, 6.07) is 0.760. The fourth-order valence-electron chi connectivity index (χ4n) is 4.87. The summed E-state index contributed by atoms with van der Waals surface area (Å²) in [5.41, 5.74) is 9.97. The Balaban J connectivity index is -0.000000744. The maximum absolute atomic E-state index is 11.7. The summed E-state index contributed by atoms with van der Waals surface area (Å²) in [4.78, 5) is 34.0. The predicted octanol–water partition coefficient (Wildman–Crippen LogP) is 4.91. The Morgan fingerprint density at radius 3 is 0.873 bits per heavy atom. The van der Waals surface area contributed by atoms with Gasteiger partial charge in [0.05, 0.1) is 0 Å². The lowest BCUT2D eigenvalue weighted by atomic mass is 10.5. The van der Waals surface area contributed by atoms with Gasteiger partial charge in [-0.25, -0.2) is 14.4 Å². The zero-order valence-electron chi connectivity index (χ0n) is 35.3. The molecule has 0 aliphatic heterocycles. The molecule has 0 saturated carbocycles. The molecule has 0 aromatic rings. The van der Waals surface area contributed by atoms with E-state index in [2.05, 4.69) is 29.1 Å². The number of hydrogen-bond donors (Lipinski definition) is 5. The molecule has 0 aliphatic carbocycles. The molecule has 0 unspecified atom stereocenters.